The van der Waals surface area contributed by atoms with Crippen molar-refractivity contribution in [1.82, 2.24) is 0 Å². The Labute approximate surface area is 127 Å². The number of alkyl halides is 1. The first-order chi connectivity index (χ1) is 9.31. The fourth-order valence-corrected chi connectivity index (χ4v) is 5.61. The van der Waals surface area contributed by atoms with E-state index in [-0.39, 0.29) is 0 Å². The molecule has 1 spiro atoms. The van der Waals surface area contributed by atoms with Crippen LogP contribution in [-0.2, 0) is 4.74 Å². The highest BCUT2D eigenvalue weighted by Crippen LogP contribution is 2.56. The molecule has 0 radical (unpaired) electrons. The molecule has 2 heteroatoms. The smallest absolute Gasteiger partial charge is 0.0656 e. The molecule has 0 aromatic carbocycles. The minimum absolute atomic E-state index is 0.503. The number of halogens is 1. The maximum absolute atomic E-state index is 6.60. The van der Waals surface area contributed by atoms with Gasteiger partial charge in [0.1, 0.15) is 0 Å². The molecule has 0 amide bonds. The molecule has 0 N–H and O–H groups in total. The third kappa shape index (κ3) is 3.05. The fraction of sp³-hybridized carbons (Fsp3) is 1.00. The Hall–Kier alpha value is 0.440. The summed E-state index contributed by atoms with van der Waals surface area (Å²) in [6.07, 6.45) is 19.2. The van der Waals surface area contributed by atoms with Gasteiger partial charge >= 0.3 is 0 Å². The van der Waals surface area contributed by atoms with Gasteiger partial charge in [0.15, 0.2) is 0 Å². The average molecular weight is 329 g/mol. The van der Waals surface area contributed by atoms with Crippen molar-refractivity contribution in [3.05, 3.63) is 0 Å². The fourth-order valence-electron chi connectivity index (χ4n) is 4.52. The summed E-state index contributed by atoms with van der Waals surface area (Å²) in [5.41, 5.74) is 0.503. The average Bonchev–Trinajstić information content (AvgIpc) is 2.82. The lowest BCUT2D eigenvalue weighted by Gasteiger charge is -2.54. The molecule has 3 fully saturated rings. The molecule has 2 unspecified atom stereocenters. The first kappa shape index (κ1) is 14.4. The number of ether oxygens (including phenoxy) is 1. The van der Waals surface area contributed by atoms with E-state index in [4.69, 9.17) is 4.74 Å². The summed E-state index contributed by atoms with van der Waals surface area (Å²) in [4.78, 5) is 0.730. The lowest BCUT2D eigenvalue weighted by Crippen LogP contribution is -2.56. The first-order valence-electron chi connectivity index (χ1n) is 8.61. The molecule has 3 aliphatic carbocycles. The number of hydrogen-bond donors (Lipinski definition) is 0. The van der Waals surface area contributed by atoms with Gasteiger partial charge in [-0.2, -0.15) is 0 Å². The first-order valence-corrected chi connectivity index (χ1v) is 9.52. The second-order valence-corrected chi connectivity index (χ2v) is 8.19. The summed E-state index contributed by atoms with van der Waals surface area (Å²) < 4.78 is 6.60. The molecule has 0 aromatic heterocycles. The van der Waals surface area contributed by atoms with Gasteiger partial charge in [-0.05, 0) is 32.1 Å². The molecule has 0 bridgehead atoms. The third-order valence-electron chi connectivity index (χ3n) is 5.88. The molecular weight excluding hydrogens is 300 g/mol. The van der Waals surface area contributed by atoms with Crippen molar-refractivity contribution in [3.8, 4) is 0 Å². The predicted molar refractivity (Wildman–Crippen MR) is 83.8 cm³/mol. The molecule has 0 saturated heterocycles. The summed E-state index contributed by atoms with van der Waals surface area (Å²) >= 11 is 3.95. The highest BCUT2D eigenvalue weighted by atomic mass is 79.9. The van der Waals surface area contributed by atoms with Gasteiger partial charge in [-0.25, -0.2) is 0 Å². The molecule has 0 aromatic rings. The second kappa shape index (κ2) is 6.47. The lowest BCUT2D eigenvalue weighted by atomic mass is 9.61. The molecule has 1 nitrogen and oxygen atoms in total. The van der Waals surface area contributed by atoms with Crippen LogP contribution in [0.1, 0.15) is 83.5 Å². The predicted octanol–water partition coefficient (Wildman–Crippen LogP) is 5.60. The zero-order valence-corrected chi connectivity index (χ0v) is 13.8. The van der Waals surface area contributed by atoms with Gasteiger partial charge in [0, 0.05) is 10.2 Å². The number of hydrogen-bond acceptors (Lipinski definition) is 1. The standard InChI is InChI=1S/C17H29BrO/c18-15-13-16(17(15)11-7-3-4-8-12-17)19-14-9-5-1-2-6-10-14/h14-16H,1-13H2. The van der Waals surface area contributed by atoms with E-state index < -0.39 is 0 Å². The minimum Gasteiger partial charge on any atom is -0.374 e. The molecule has 110 valence electrons. The summed E-state index contributed by atoms with van der Waals surface area (Å²) in [7, 11) is 0. The Morgan fingerprint density at radius 2 is 1.37 bits per heavy atom. The van der Waals surface area contributed by atoms with Crippen LogP contribution in [-0.4, -0.2) is 17.0 Å². The van der Waals surface area contributed by atoms with Crippen LogP contribution in [0.3, 0.4) is 0 Å². The highest BCUT2D eigenvalue weighted by molar-refractivity contribution is 9.09. The Morgan fingerprint density at radius 3 is 1.95 bits per heavy atom. The minimum atomic E-state index is 0.503. The van der Waals surface area contributed by atoms with Gasteiger partial charge in [0.2, 0.25) is 0 Å². The van der Waals surface area contributed by atoms with Crippen LogP contribution in [0.15, 0.2) is 0 Å². The molecular formula is C17H29BrO. The lowest BCUT2D eigenvalue weighted by molar-refractivity contribution is -0.145. The zero-order valence-electron chi connectivity index (χ0n) is 12.2. The summed E-state index contributed by atoms with van der Waals surface area (Å²) in [5, 5.41) is 0. The molecule has 3 aliphatic rings. The molecule has 2 atom stereocenters. The Kier molecular flexibility index (Phi) is 4.90. The van der Waals surface area contributed by atoms with Crippen LogP contribution in [0.25, 0.3) is 0 Å². The van der Waals surface area contributed by atoms with E-state index in [1.807, 2.05) is 0 Å². The van der Waals surface area contributed by atoms with E-state index in [0.29, 0.717) is 17.6 Å². The second-order valence-electron chi connectivity index (χ2n) is 7.09. The van der Waals surface area contributed by atoms with Crippen LogP contribution in [0.2, 0.25) is 0 Å². The topological polar surface area (TPSA) is 9.23 Å². The van der Waals surface area contributed by atoms with Crippen molar-refractivity contribution in [2.24, 2.45) is 5.41 Å². The Bertz CT molecular complexity index is 275. The van der Waals surface area contributed by atoms with Crippen LogP contribution >= 0.6 is 15.9 Å². The SMILES string of the molecule is BrC1CC(OC2CCCCCC2)C12CCCCCC2. The Morgan fingerprint density at radius 1 is 0.789 bits per heavy atom. The van der Waals surface area contributed by atoms with Crippen molar-refractivity contribution in [3.63, 3.8) is 0 Å². The summed E-state index contributed by atoms with van der Waals surface area (Å²) in [6, 6.07) is 0. The van der Waals surface area contributed by atoms with Crippen molar-refractivity contribution in [2.45, 2.75) is 101 Å². The molecule has 0 aliphatic heterocycles. The van der Waals surface area contributed by atoms with Crippen LogP contribution in [0, 0.1) is 5.41 Å². The van der Waals surface area contributed by atoms with Crippen LogP contribution in [0.4, 0.5) is 0 Å². The van der Waals surface area contributed by atoms with E-state index >= 15 is 0 Å². The zero-order chi connectivity index (χ0) is 13.1. The maximum atomic E-state index is 6.60. The van der Waals surface area contributed by atoms with E-state index in [0.717, 1.165) is 4.83 Å². The van der Waals surface area contributed by atoms with Gasteiger partial charge in [-0.15, -0.1) is 0 Å². The van der Waals surface area contributed by atoms with Crippen molar-refractivity contribution in [1.29, 1.82) is 0 Å². The molecule has 0 heterocycles. The maximum Gasteiger partial charge on any atom is 0.0656 e. The van der Waals surface area contributed by atoms with E-state index in [9.17, 15) is 0 Å². The quantitative estimate of drug-likeness (QED) is 0.473. The van der Waals surface area contributed by atoms with Crippen molar-refractivity contribution < 1.29 is 4.74 Å². The van der Waals surface area contributed by atoms with Gasteiger partial charge in [-0.1, -0.05) is 67.3 Å². The van der Waals surface area contributed by atoms with Gasteiger partial charge in [0.05, 0.1) is 12.2 Å². The summed E-state index contributed by atoms with van der Waals surface area (Å²) in [6.45, 7) is 0. The van der Waals surface area contributed by atoms with Crippen LogP contribution < -0.4 is 0 Å². The van der Waals surface area contributed by atoms with Crippen molar-refractivity contribution >= 4 is 15.9 Å². The van der Waals surface area contributed by atoms with Gasteiger partial charge in [-0.3, -0.25) is 0 Å². The molecule has 3 saturated carbocycles. The normalized spacial score (nSPS) is 36.5. The van der Waals surface area contributed by atoms with E-state index in [2.05, 4.69) is 15.9 Å². The van der Waals surface area contributed by atoms with Gasteiger partial charge in [0.25, 0.3) is 0 Å². The number of rotatable bonds is 2. The van der Waals surface area contributed by atoms with E-state index in [1.165, 1.54) is 83.5 Å². The largest absolute Gasteiger partial charge is 0.374 e. The highest BCUT2D eigenvalue weighted by Gasteiger charge is 2.54. The van der Waals surface area contributed by atoms with Crippen molar-refractivity contribution in [2.75, 3.05) is 0 Å². The Balaban J connectivity index is 1.60. The third-order valence-corrected chi connectivity index (χ3v) is 7.17. The van der Waals surface area contributed by atoms with Crippen LogP contribution in [0.5, 0.6) is 0 Å². The van der Waals surface area contributed by atoms with E-state index in [1.54, 1.807) is 0 Å². The molecule has 3 rings (SSSR count). The molecule has 19 heavy (non-hydrogen) atoms. The summed E-state index contributed by atoms with van der Waals surface area (Å²) in [5.74, 6) is 0. The van der Waals surface area contributed by atoms with Gasteiger partial charge < -0.3 is 4.74 Å². The monoisotopic (exact) mass is 328 g/mol.